The predicted octanol–water partition coefficient (Wildman–Crippen LogP) is 3.98. The van der Waals surface area contributed by atoms with E-state index in [0.29, 0.717) is 11.4 Å². The zero-order chi connectivity index (χ0) is 20.8. The highest BCUT2D eigenvalue weighted by atomic mass is 32.2. The van der Waals surface area contributed by atoms with E-state index in [1.807, 2.05) is 0 Å². The predicted molar refractivity (Wildman–Crippen MR) is 113 cm³/mol. The second-order valence-electron chi connectivity index (χ2n) is 6.17. The molecule has 0 bridgehead atoms. The molecule has 8 heteroatoms. The first-order valence-electron chi connectivity index (χ1n) is 8.88. The number of hydrogen-bond acceptors (Lipinski definition) is 5. The number of benzene rings is 2. The number of carbonyl (C=O) groups is 2. The fourth-order valence-corrected chi connectivity index (χ4v) is 3.79. The van der Waals surface area contributed by atoms with Crippen LogP contribution in [0.4, 0.5) is 15.8 Å². The molecule has 6 nitrogen and oxygen atoms in total. The highest BCUT2D eigenvalue weighted by molar-refractivity contribution is 8.15. The molecule has 0 radical (unpaired) electrons. The van der Waals surface area contributed by atoms with E-state index >= 15 is 0 Å². The lowest BCUT2D eigenvalue weighted by atomic mass is 10.2. The molecule has 1 saturated heterocycles. The minimum absolute atomic E-state index is 0.0107. The Morgan fingerprint density at radius 1 is 1.34 bits per heavy atom. The van der Waals surface area contributed by atoms with Gasteiger partial charge in [-0.05, 0) is 36.4 Å². The molecule has 2 aromatic carbocycles. The number of amidine groups is 1. The van der Waals surface area contributed by atoms with Crippen molar-refractivity contribution in [1.29, 1.82) is 0 Å². The Kier molecular flexibility index (Phi) is 6.66. The second-order valence-corrected chi connectivity index (χ2v) is 7.34. The van der Waals surface area contributed by atoms with Crippen LogP contribution in [0.2, 0.25) is 0 Å². The summed E-state index contributed by atoms with van der Waals surface area (Å²) in [5.74, 6) is -0.428. The van der Waals surface area contributed by atoms with Crippen molar-refractivity contribution in [2.75, 3.05) is 19.0 Å². The molecule has 150 valence electrons. The summed E-state index contributed by atoms with van der Waals surface area (Å²) < 4.78 is 19.1. The number of anilines is 1. The number of hydrogen-bond donors (Lipinski definition) is 1. The number of nitrogens with zero attached hydrogens (tertiary/aromatic N) is 2. The van der Waals surface area contributed by atoms with Crippen LogP contribution >= 0.6 is 11.8 Å². The van der Waals surface area contributed by atoms with Gasteiger partial charge in [-0.2, -0.15) is 0 Å². The highest BCUT2D eigenvalue weighted by Gasteiger charge is 2.35. The number of methoxy groups -OCH3 is 1. The number of para-hydroxylation sites is 1. The lowest BCUT2D eigenvalue weighted by molar-refractivity contribution is -0.129. The first kappa shape index (κ1) is 20.6. The van der Waals surface area contributed by atoms with E-state index in [2.05, 4.69) is 16.9 Å². The van der Waals surface area contributed by atoms with Gasteiger partial charge >= 0.3 is 0 Å². The van der Waals surface area contributed by atoms with Gasteiger partial charge in [-0.1, -0.05) is 30.0 Å². The lowest BCUT2D eigenvalue weighted by Gasteiger charge is -2.31. The van der Waals surface area contributed by atoms with Crippen LogP contribution < -0.4 is 10.1 Å². The Morgan fingerprint density at radius 3 is 2.72 bits per heavy atom. The quantitative estimate of drug-likeness (QED) is 0.727. The van der Waals surface area contributed by atoms with Crippen LogP contribution in [0.1, 0.15) is 6.42 Å². The van der Waals surface area contributed by atoms with Gasteiger partial charge in [0.25, 0.3) is 0 Å². The second kappa shape index (κ2) is 9.38. The molecule has 1 heterocycles. The molecule has 1 aliphatic heterocycles. The van der Waals surface area contributed by atoms with E-state index in [1.165, 1.54) is 17.0 Å². The minimum atomic E-state index is -0.684. The summed E-state index contributed by atoms with van der Waals surface area (Å²) in [6.45, 7) is 3.88. The number of amides is 2. The molecule has 1 aliphatic rings. The summed E-state index contributed by atoms with van der Waals surface area (Å²) in [4.78, 5) is 31.0. The average Bonchev–Trinajstić information content (AvgIpc) is 2.72. The number of carbonyl (C=O) groups excluding carboxylic acids is 2. The standard InChI is InChI=1S/C21H20FN3O3S/c1-3-12-25-19(26)13-18(20(27)23-14-8-10-15(28-2)11-9-14)29-21(25)24-17-7-5-4-6-16(17)22/h3-11,18H,1,12-13H2,2H3,(H,23,27). The zero-order valence-corrected chi connectivity index (χ0v) is 16.6. The number of ether oxygens (including phenoxy) is 1. The summed E-state index contributed by atoms with van der Waals surface area (Å²) in [7, 11) is 1.56. The fraction of sp³-hybridized carbons (Fsp3) is 0.190. The van der Waals surface area contributed by atoms with Gasteiger partial charge in [-0.3, -0.25) is 14.5 Å². The van der Waals surface area contributed by atoms with Crippen molar-refractivity contribution in [3.8, 4) is 5.75 Å². The highest BCUT2D eigenvalue weighted by Crippen LogP contribution is 2.30. The number of nitrogens with one attached hydrogen (secondary N) is 1. The van der Waals surface area contributed by atoms with Gasteiger partial charge in [0.05, 0.1) is 7.11 Å². The van der Waals surface area contributed by atoms with Crippen LogP contribution in [0.25, 0.3) is 0 Å². The van der Waals surface area contributed by atoms with Crippen molar-refractivity contribution in [2.24, 2.45) is 4.99 Å². The molecule has 1 atom stereocenters. The largest absolute Gasteiger partial charge is 0.497 e. The molecule has 29 heavy (non-hydrogen) atoms. The molecule has 0 aromatic heterocycles. The van der Waals surface area contributed by atoms with Crippen molar-refractivity contribution in [3.63, 3.8) is 0 Å². The molecule has 1 unspecified atom stereocenters. The van der Waals surface area contributed by atoms with E-state index in [0.717, 1.165) is 11.8 Å². The van der Waals surface area contributed by atoms with Gasteiger partial charge in [0.2, 0.25) is 11.8 Å². The maximum absolute atomic E-state index is 14.0. The van der Waals surface area contributed by atoms with Gasteiger partial charge in [-0.15, -0.1) is 6.58 Å². The van der Waals surface area contributed by atoms with Crippen molar-refractivity contribution in [2.45, 2.75) is 11.7 Å². The molecule has 0 aliphatic carbocycles. The molecular formula is C21H20FN3O3S. The van der Waals surface area contributed by atoms with Crippen molar-refractivity contribution in [3.05, 3.63) is 67.0 Å². The molecule has 2 amide bonds. The van der Waals surface area contributed by atoms with Crippen LogP contribution in [-0.4, -0.2) is 40.8 Å². The van der Waals surface area contributed by atoms with Crippen molar-refractivity contribution < 1.29 is 18.7 Å². The molecule has 2 aromatic rings. The van der Waals surface area contributed by atoms with E-state index in [1.54, 1.807) is 49.6 Å². The maximum Gasteiger partial charge on any atom is 0.238 e. The average molecular weight is 413 g/mol. The van der Waals surface area contributed by atoms with Gasteiger partial charge in [0, 0.05) is 18.7 Å². The number of rotatable bonds is 6. The Morgan fingerprint density at radius 2 is 2.07 bits per heavy atom. The minimum Gasteiger partial charge on any atom is -0.497 e. The van der Waals surface area contributed by atoms with Crippen molar-refractivity contribution >= 4 is 40.1 Å². The third kappa shape index (κ3) is 5.03. The Hall–Kier alpha value is -3.13. The summed E-state index contributed by atoms with van der Waals surface area (Å²) in [5.41, 5.74) is 0.693. The molecular weight excluding hydrogens is 393 g/mol. The van der Waals surface area contributed by atoms with Crippen LogP contribution in [0.5, 0.6) is 5.75 Å². The van der Waals surface area contributed by atoms with Crippen LogP contribution in [0.15, 0.2) is 66.2 Å². The monoisotopic (exact) mass is 413 g/mol. The number of halogens is 1. The summed E-state index contributed by atoms with van der Waals surface area (Å²) in [6.07, 6.45) is 1.57. The smallest absolute Gasteiger partial charge is 0.238 e. The Balaban J connectivity index is 1.81. The zero-order valence-electron chi connectivity index (χ0n) is 15.8. The summed E-state index contributed by atoms with van der Waals surface area (Å²) in [5, 5.41) is 2.37. The topological polar surface area (TPSA) is 71.0 Å². The van der Waals surface area contributed by atoms with Gasteiger partial charge in [-0.25, -0.2) is 9.38 Å². The van der Waals surface area contributed by atoms with Gasteiger partial charge in [0.1, 0.15) is 22.5 Å². The molecule has 1 fully saturated rings. The molecule has 0 spiro atoms. The maximum atomic E-state index is 14.0. The third-order valence-electron chi connectivity index (χ3n) is 4.17. The Labute approximate surface area is 172 Å². The molecule has 3 rings (SSSR count). The van der Waals surface area contributed by atoms with E-state index in [4.69, 9.17) is 4.74 Å². The number of thioether (sulfide) groups is 1. The van der Waals surface area contributed by atoms with Crippen LogP contribution in [0, 0.1) is 5.82 Å². The van der Waals surface area contributed by atoms with Crippen LogP contribution in [0.3, 0.4) is 0 Å². The summed E-state index contributed by atoms with van der Waals surface area (Å²) >= 11 is 1.13. The first-order chi connectivity index (χ1) is 14.0. The molecule has 0 saturated carbocycles. The Bertz CT molecular complexity index is 946. The van der Waals surface area contributed by atoms with Crippen LogP contribution in [-0.2, 0) is 9.59 Å². The lowest BCUT2D eigenvalue weighted by Crippen LogP contribution is -2.45. The summed E-state index contributed by atoms with van der Waals surface area (Å²) in [6, 6.07) is 12.9. The first-order valence-corrected chi connectivity index (χ1v) is 9.76. The van der Waals surface area contributed by atoms with E-state index in [9.17, 15) is 14.0 Å². The van der Waals surface area contributed by atoms with E-state index < -0.39 is 11.1 Å². The normalized spacial score (nSPS) is 17.9. The van der Waals surface area contributed by atoms with E-state index in [-0.39, 0.29) is 35.6 Å². The van der Waals surface area contributed by atoms with Gasteiger partial charge < -0.3 is 10.1 Å². The number of aliphatic imine (C=N–C) groups is 1. The van der Waals surface area contributed by atoms with Crippen molar-refractivity contribution in [1.82, 2.24) is 4.90 Å². The SMILES string of the molecule is C=CCN1C(=O)CC(C(=O)Nc2ccc(OC)cc2)SC1=Nc1ccccc1F. The fourth-order valence-electron chi connectivity index (χ4n) is 2.69. The van der Waals surface area contributed by atoms with Gasteiger partial charge in [0.15, 0.2) is 5.17 Å². The molecule has 1 N–H and O–H groups in total. The third-order valence-corrected chi connectivity index (χ3v) is 5.36.